The lowest BCUT2D eigenvalue weighted by molar-refractivity contribution is -0.123. The van der Waals surface area contributed by atoms with Gasteiger partial charge in [0.2, 0.25) is 0 Å². The van der Waals surface area contributed by atoms with Gasteiger partial charge in [-0.3, -0.25) is 4.79 Å². The predicted octanol–water partition coefficient (Wildman–Crippen LogP) is 4.74. The van der Waals surface area contributed by atoms with Crippen LogP contribution >= 0.6 is 0 Å². The minimum Gasteiger partial charge on any atom is -0.299 e. The molecule has 0 heterocycles. The normalized spacial score (nSPS) is 10.9. The zero-order valence-corrected chi connectivity index (χ0v) is 10.8. The molecule has 0 N–H and O–H groups in total. The minimum atomic E-state index is 0.363. The molecule has 0 aliphatic carbocycles. The van der Waals surface area contributed by atoms with Crippen molar-refractivity contribution in [2.45, 2.75) is 78.6 Å². The zero-order chi connectivity index (χ0) is 11.5. The fourth-order valence-corrected chi connectivity index (χ4v) is 2.09. The van der Waals surface area contributed by atoms with Gasteiger partial charge in [-0.25, -0.2) is 0 Å². The predicted molar refractivity (Wildman–Crippen MR) is 67.1 cm³/mol. The summed E-state index contributed by atoms with van der Waals surface area (Å²) in [4.78, 5) is 11.9. The van der Waals surface area contributed by atoms with E-state index in [-0.39, 0.29) is 0 Å². The molecule has 0 aromatic carbocycles. The van der Waals surface area contributed by atoms with Crippen LogP contribution in [0.2, 0.25) is 0 Å². The third-order valence-electron chi connectivity index (χ3n) is 3.01. The molecule has 0 aromatic rings. The Labute approximate surface area is 95.6 Å². The molecule has 0 aliphatic heterocycles. The van der Waals surface area contributed by atoms with Crippen LogP contribution in [0.1, 0.15) is 78.6 Å². The van der Waals surface area contributed by atoms with Gasteiger partial charge in [0.05, 0.1) is 0 Å². The zero-order valence-electron chi connectivity index (χ0n) is 10.8. The molecule has 1 nitrogen and oxygen atoms in total. The first kappa shape index (κ1) is 14.7. The van der Waals surface area contributed by atoms with E-state index >= 15 is 0 Å². The summed E-state index contributed by atoms with van der Waals surface area (Å²) < 4.78 is 0. The van der Waals surface area contributed by atoms with E-state index in [1.807, 2.05) is 0 Å². The minimum absolute atomic E-state index is 0.363. The van der Waals surface area contributed by atoms with Gasteiger partial charge in [-0.05, 0) is 19.3 Å². The van der Waals surface area contributed by atoms with Gasteiger partial charge in [0.1, 0.15) is 5.78 Å². The first-order valence-electron chi connectivity index (χ1n) is 6.78. The number of ketones is 1. The molecule has 15 heavy (non-hydrogen) atoms. The van der Waals surface area contributed by atoms with E-state index in [2.05, 4.69) is 20.8 Å². The first-order chi connectivity index (χ1) is 7.26. The Hall–Kier alpha value is -0.330. The molecule has 0 atom stereocenters. The van der Waals surface area contributed by atoms with Crippen molar-refractivity contribution in [3.05, 3.63) is 0 Å². The van der Waals surface area contributed by atoms with E-state index in [1.54, 1.807) is 0 Å². The van der Waals surface area contributed by atoms with Crippen molar-refractivity contribution in [1.29, 1.82) is 0 Å². The van der Waals surface area contributed by atoms with Gasteiger partial charge in [0.25, 0.3) is 0 Å². The fraction of sp³-hybridized carbons (Fsp3) is 0.929. The summed E-state index contributed by atoms with van der Waals surface area (Å²) >= 11 is 0. The summed E-state index contributed by atoms with van der Waals surface area (Å²) in [5.41, 5.74) is 0. The van der Waals surface area contributed by atoms with Crippen LogP contribution in [-0.4, -0.2) is 5.78 Å². The Bertz CT molecular complexity index is 145. The second-order valence-electron chi connectivity index (χ2n) is 4.55. The van der Waals surface area contributed by atoms with Crippen molar-refractivity contribution < 1.29 is 4.79 Å². The maximum atomic E-state index is 11.9. The Balaban J connectivity index is 3.70. The SMILES string of the molecule is CCCCCCC(=O)C(CCC)CCC. The van der Waals surface area contributed by atoms with Crippen LogP contribution in [0.4, 0.5) is 0 Å². The number of hydrogen-bond donors (Lipinski definition) is 0. The second kappa shape index (κ2) is 10.2. The number of carbonyl (C=O) groups is 1. The molecule has 0 bridgehead atoms. The van der Waals surface area contributed by atoms with Crippen LogP contribution in [0.25, 0.3) is 0 Å². The first-order valence-corrected chi connectivity index (χ1v) is 6.78. The monoisotopic (exact) mass is 212 g/mol. The molecular formula is C14H28O. The van der Waals surface area contributed by atoms with Crippen LogP contribution in [0.15, 0.2) is 0 Å². The van der Waals surface area contributed by atoms with E-state index in [0.29, 0.717) is 11.7 Å². The van der Waals surface area contributed by atoms with Crippen molar-refractivity contribution in [3.63, 3.8) is 0 Å². The van der Waals surface area contributed by atoms with Crippen molar-refractivity contribution in [3.8, 4) is 0 Å². The highest BCUT2D eigenvalue weighted by Crippen LogP contribution is 2.18. The van der Waals surface area contributed by atoms with Crippen LogP contribution in [-0.2, 0) is 4.79 Å². The van der Waals surface area contributed by atoms with Crippen LogP contribution < -0.4 is 0 Å². The molecule has 0 spiro atoms. The number of hydrogen-bond acceptors (Lipinski definition) is 1. The van der Waals surface area contributed by atoms with E-state index < -0.39 is 0 Å². The van der Waals surface area contributed by atoms with Gasteiger partial charge in [0.15, 0.2) is 0 Å². The van der Waals surface area contributed by atoms with E-state index in [9.17, 15) is 4.79 Å². The number of rotatable bonds is 10. The van der Waals surface area contributed by atoms with Gasteiger partial charge >= 0.3 is 0 Å². The fourth-order valence-electron chi connectivity index (χ4n) is 2.09. The Morgan fingerprint density at radius 1 is 0.867 bits per heavy atom. The second-order valence-corrected chi connectivity index (χ2v) is 4.55. The maximum Gasteiger partial charge on any atom is 0.135 e. The summed E-state index contributed by atoms with van der Waals surface area (Å²) in [7, 11) is 0. The van der Waals surface area contributed by atoms with E-state index in [0.717, 1.165) is 38.5 Å². The third-order valence-corrected chi connectivity index (χ3v) is 3.01. The smallest absolute Gasteiger partial charge is 0.135 e. The molecule has 90 valence electrons. The van der Waals surface area contributed by atoms with Crippen molar-refractivity contribution in [2.75, 3.05) is 0 Å². The highest BCUT2D eigenvalue weighted by molar-refractivity contribution is 5.80. The number of unbranched alkanes of at least 4 members (excludes halogenated alkanes) is 3. The maximum absolute atomic E-state index is 11.9. The van der Waals surface area contributed by atoms with E-state index in [4.69, 9.17) is 0 Å². The molecule has 0 rings (SSSR count). The Kier molecular flexibility index (Phi) is 9.97. The molecule has 0 aliphatic rings. The highest BCUT2D eigenvalue weighted by Gasteiger charge is 2.15. The summed E-state index contributed by atoms with van der Waals surface area (Å²) in [5.74, 6) is 0.886. The molecule has 0 amide bonds. The molecule has 0 saturated carbocycles. The highest BCUT2D eigenvalue weighted by atomic mass is 16.1. The van der Waals surface area contributed by atoms with E-state index in [1.165, 1.54) is 19.3 Å². The molecule has 0 unspecified atom stereocenters. The van der Waals surface area contributed by atoms with Crippen molar-refractivity contribution in [2.24, 2.45) is 5.92 Å². The van der Waals surface area contributed by atoms with Crippen LogP contribution in [0.3, 0.4) is 0 Å². The number of Topliss-reactive ketones (excluding diaryl/α,β-unsaturated/α-hetero) is 1. The lowest BCUT2D eigenvalue weighted by Gasteiger charge is -2.13. The van der Waals surface area contributed by atoms with Gasteiger partial charge in [-0.1, -0.05) is 52.9 Å². The summed E-state index contributed by atoms with van der Waals surface area (Å²) in [6, 6.07) is 0. The lowest BCUT2D eigenvalue weighted by atomic mass is 9.91. The molecule has 0 fully saturated rings. The average Bonchev–Trinajstić information content (AvgIpc) is 2.24. The van der Waals surface area contributed by atoms with Gasteiger partial charge < -0.3 is 0 Å². The van der Waals surface area contributed by atoms with Crippen LogP contribution in [0, 0.1) is 5.92 Å². The summed E-state index contributed by atoms with van der Waals surface area (Å²) in [6.45, 7) is 6.55. The topological polar surface area (TPSA) is 17.1 Å². The van der Waals surface area contributed by atoms with Crippen molar-refractivity contribution in [1.82, 2.24) is 0 Å². The standard InChI is InChI=1S/C14H28O/c1-4-7-8-9-12-14(15)13(10-5-2)11-6-3/h13H,4-12H2,1-3H3. The average molecular weight is 212 g/mol. The third kappa shape index (κ3) is 7.58. The summed E-state index contributed by atoms with van der Waals surface area (Å²) in [5, 5.41) is 0. The van der Waals surface area contributed by atoms with Gasteiger partial charge in [-0.15, -0.1) is 0 Å². The largest absolute Gasteiger partial charge is 0.299 e. The van der Waals surface area contributed by atoms with Crippen LogP contribution in [0.5, 0.6) is 0 Å². The Morgan fingerprint density at radius 2 is 1.47 bits per heavy atom. The molecule has 0 radical (unpaired) electrons. The Morgan fingerprint density at radius 3 is 1.93 bits per heavy atom. The number of carbonyl (C=O) groups excluding carboxylic acids is 1. The summed E-state index contributed by atoms with van der Waals surface area (Å²) in [6.07, 6.45) is 10.2. The molecule has 1 heteroatoms. The molecular weight excluding hydrogens is 184 g/mol. The van der Waals surface area contributed by atoms with Gasteiger partial charge in [-0.2, -0.15) is 0 Å². The molecule has 0 saturated heterocycles. The van der Waals surface area contributed by atoms with Crippen molar-refractivity contribution >= 4 is 5.78 Å². The lowest BCUT2D eigenvalue weighted by Crippen LogP contribution is -2.14. The quantitative estimate of drug-likeness (QED) is 0.478. The van der Waals surface area contributed by atoms with Gasteiger partial charge in [0, 0.05) is 12.3 Å². The molecule has 0 aromatic heterocycles.